The number of benzene rings is 1. The number of nitrogens with one attached hydrogen (secondary N) is 3. The number of aromatic nitrogens is 3. The highest BCUT2D eigenvalue weighted by Gasteiger charge is 2.13. The minimum atomic E-state index is -1.26. The molecule has 0 saturated carbocycles. The summed E-state index contributed by atoms with van der Waals surface area (Å²) in [6.07, 6.45) is -0.434. The van der Waals surface area contributed by atoms with E-state index in [0.717, 1.165) is 6.07 Å². The van der Waals surface area contributed by atoms with Gasteiger partial charge < -0.3 is 37.6 Å². The number of nitrogens with two attached hydrogens (primary N) is 2. The molecule has 9 N–H and O–H groups in total. The molecule has 1 aromatic heterocycles. The van der Waals surface area contributed by atoms with Crippen LogP contribution in [-0.4, -0.2) is 56.4 Å². The van der Waals surface area contributed by atoms with Gasteiger partial charge in [-0.2, -0.15) is 15.0 Å². The van der Waals surface area contributed by atoms with Gasteiger partial charge in [0.1, 0.15) is 0 Å². The summed E-state index contributed by atoms with van der Waals surface area (Å²) in [6.45, 7) is 2.46. The van der Waals surface area contributed by atoms with Gasteiger partial charge in [-0.25, -0.2) is 9.59 Å². The molecule has 0 saturated heterocycles. The summed E-state index contributed by atoms with van der Waals surface area (Å²) in [5.41, 5.74) is 10.9. The van der Waals surface area contributed by atoms with Crippen LogP contribution in [0.3, 0.4) is 0 Å². The first-order valence-corrected chi connectivity index (χ1v) is 7.89. The van der Waals surface area contributed by atoms with Gasteiger partial charge in [-0.3, -0.25) is 0 Å². The normalized spacial score (nSPS) is 11.5. The van der Waals surface area contributed by atoms with E-state index in [-0.39, 0.29) is 34.7 Å². The van der Waals surface area contributed by atoms with Crippen LogP contribution >= 0.6 is 0 Å². The van der Waals surface area contributed by atoms with E-state index in [1.165, 1.54) is 12.1 Å². The average Bonchev–Trinajstić information content (AvgIpc) is 2.58. The van der Waals surface area contributed by atoms with Crippen LogP contribution in [0.4, 0.5) is 23.5 Å². The van der Waals surface area contributed by atoms with Gasteiger partial charge in [0.05, 0.1) is 17.3 Å². The van der Waals surface area contributed by atoms with Crippen molar-refractivity contribution in [1.82, 2.24) is 15.0 Å². The number of hydrogen-bond donors (Lipinski definition) is 7. The van der Waals surface area contributed by atoms with Crippen molar-refractivity contribution in [3.8, 4) is 0 Å². The lowest BCUT2D eigenvalue weighted by Crippen LogP contribution is -2.27. The Kier molecular flexibility index (Phi) is 6.41. The van der Waals surface area contributed by atoms with Gasteiger partial charge in [0.25, 0.3) is 0 Å². The minimum absolute atomic E-state index is 0.0616. The Morgan fingerprint density at radius 2 is 1.59 bits per heavy atom. The monoisotopic (exact) mass is 376 g/mol. The summed E-state index contributed by atoms with van der Waals surface area (Å²) >= 11 is 0. The summed E-state index contributed by atoms with van der Waals surface area (Å²) in [6, 6.07) is 3.59. The molecule has 144 valence electrons. The molecule has 0 radical (unpaired) electrons. The van der Waals surface area contributed by atoms with Crippen LogP contribution in [0.1, 0.15) is 27.6 Å². The quantitative estimate of drug-likeness (QED) is 0.291. The molecule has 12 nitrogen and oxygen atoms in total. The first-order chi connectivity index (χ1) is 12.8. The molecule has 0 amide bonds. The number of nitrogens with zero attached hydrogens (tertiary/aromatic N) is 3. The van der Waals surface area contributed by atoms with E-state index < -0.39 is 18.1 Å². The Morgan fingerprint density at radius 1 is 1.04 bits per heavy atom. The molecular formula is C15H20N8O4. The van der Waals surface area contributed by atoms with Crippen LogP contribution in [0, 0.1) is 0 Å². The van der Waals surface area contributed by atoms with E-state index in [1.807, 2.05) is 0 Å². The molecule has 1 atom stereocenters. The van der Waals surface area contributed by atoms with Crippen molar-refractivity contribution in [2.24, 2.45) is 11.5 Å². The molecule has 0 aliphatic heterocycles. The van der Waals surface area contributed by atoms with E-state index in [1.54, 1.807) is 6.92 Å². The summed E-state index contributed by atoms with van der Waals surface area (Å²) in [4.78, 5) is 34.9. The second kappa shape index (κ2) is 8.73. The van der Waals surface area contributed by atoms with E-state index in [0.29, 0.717) is 13.1 Å². The number of carbonyl (C=O) groups is 2. The molecule has 2 rings (SSSR count). The molecule has 1 aromatic carbocycles. The molecule has 12 heteroatoms. The Hall–Kier alpha value is -3.51. The van der Waals surface area contributed by atoms with Gasteiger partial charge in [0.15, 0.2) is 0 Å². The number of hydrogen-bond acceptors (Lipinski definition) is 10. The van der Waals surface area contributed by atoms with Crippen LogP contribution in [0.25, 0.3) is 0 Å². The molecule has 1 heterocycles. The third kappa shape index (κ3) is 5.76. The van der Waals surface area contributed by atoms with Gasteiger partial charge in [-0.05, 0) is 25.1 Å². The van der Waals surface area contributed by atoms with Gasteiger partial charge in [-0.15, -0.1) is 0 Å². The number of aromatic carboxylic acids is 2. The van der Waals surface area contributed by atoms with E-state index in [2.05, 4.69) is 30.9 Å². The van der Waals surface area contributed by atoms with Crippen LogP contribution in [0.15, 0.2) is 18.2 Å². The number of anilines is 4. The molecule has 0 bridgehead atoms. The van der Waals surface area contributed by atoms with Crippen molar-refractivity contribution in [3.63, 3.8) is 0 Å². The second-order valence-corrected chi connectivity index (χ2v) is 5.49. The molecule has 0 spiro atoms. The van der Waals surface area contributed by atoms with Crippen LogP contribution in [0.5, 0.6) is 0 Å². The lowest BCUT2D eigenvalue weighted by molar-refractivity contribution is 0.0696. The maximum atomic E-state index is 11.2. The summed E-state index contributed by atoms with van der Waals surface area (Å²) in [5.74, 6) is -2.07. The first kappa shape index (κ1) is 19.8. The minimum Gasteiger partial charge on any atom is -0.478 e. The van der Waals surface area contributed by atoms with E-state index in [4.69, 9.17) is 21.7 Å². The zero-order chi connectivity index (χ0) is 20.0. The molecule has 2 aromatic rings. The van der Waals surface area contributed by atoms with Gasteiger partial charge in [0, 0.05) is 18.8 Å². The standard InChI is InChI=1S/C15H20N8O4/c1-7(17)19-14-21-13(18-3-2-16)22-15(23-14)20-10-5-8(11(24)25)4-9(6-10)12(26)27/h4-7H,2-3,16-17H2,1H3,(H,24,25)(H,26,27)(H3,18,19,20,21,22,23). The first-order valence-electron chi connectivity index (χ1n) is 7.89. The Bertz CT molecular complexity index is 810. The van der Waals surface area contributed by atoms with Gasteiger partial charge >= 0.3 is 11.9 Å². The highest BCUT2D eigenvalue weighted by Crippen LogP contribution is 2.20. The van der Waals surface area contributed by atoms with Crippen molar-refractivity contribution in [2.45, 2.75) is 13.1 Å². The highest BCUT2D eigenvalue weighted by molar-refractivity contribution is 5.95. The molecule has 0 aliphatic rings. The maximum absolute atomic E-state index is 11.2. The largest absolute Gasteiger partial charge is 0.478 e. The Morgan fingerprint density at radius 3 is 2.11 bits per heavy atom. The molecule has 0 aliphatic carbocycles. The van der Waals surface area contributed by atoms with Crippen LogP contribution in [0.2, 0.25) is 0 Å². The van der Waals surface area contributed by atoms with E-state index >= 15 is 0 Å². The fourth-order valence-corrected chi connectivity index (χ4v) is 2.04. The fraction of sp³-hybridized carbons (Fsp3) is 0.267. The lowest BCUT2D eigenvalue weighted by atomic mass is 10.1. The van der Waals surface area contributed by atoms with Gasteiger partial charge in [-0.1, -0.05) is 0 Å². The predicted octanol–water partition coefficient (Wildman–Crippen LogP) is 0.0988. The van der Waals surface area contributed by atoms with Crippen molar-refractivity contribution in [3.05, 3.63) is 29.3 Å². The van der Waals surface area contributed by atoms with Crippen LogP contribution < -0.4 is 27.4 Å². The Balaban J connectivity index is 2.39. The van der Waals surface area contributed by atoms with Crippen molar-refractivity contribution >= 4 is 35.5 Å². The molecule has 0 fully saturated rings. The van der Waals surface area contributed by atoms with Crippen LogP contribution in [-0.2, 0) is 0 Å². The lowest BCUT2D eigenvalue weighted by Gasteiger charge is -2.13. The van der Waals surface area contributed by atoms with Crippen molar-refractivity contribution in [2.75, 3.05) is 29.0 Å². The average molecular weight is 376 g/mol. The van der Waals surface area contributed by atoms with Crippen molar-refractivity contribution in [1.29, 1.82) is 0 Å². The topological polar surface area (TPSA) is 201 Å². The molecular weight excluding hydrogens is 356 g/mol. The Labute approximate surface area is 154 Å². The molecule has 1 unspecified atom stereocenters. The third-order valence-electron chi connectivity index (χ3n) is 3.10. The van der Waals surface area contributed by atoms with Crippen molar-refractivity contribution < 1.29 is 19.8 Å². The maximum Gasteiger partial charge on any atom is 0.335 e. The highest BCUT2D eigenvalue weighted by atomic mass is 16.4. The number of carboxylic acids is 2. The third-order valence-corrected chi connectivity index (χ3v) is 3.10. The summed E-state index contributed by atoms with van der Waals surface area (Å²) < 4.78 is 0. The summed E-state index contributed by atoms with van der Waals surface area (Å²) in [7, 11) is 0. The number of carboxylic acid groups (broad SMARTS) is 2. The smallest absolute Gasteiger partial charge is 0.335 e. The predicted molar refractivity (Wildman–Crippen MR) is 98.3 cm³/mol. The summed E-state index contributed by atoms with van der Waals surface area (Å²) in [5, 5.41) is 26.8. The van der Waals surface area contributed by atoms with E-state index in [9.17, 15) is 9.59 Å². The zero-order valence-electron chi connectivity index (χ0n) is 14.4. The fourth-order valence-electron chi connectivity index (χ4n) is 2.04. The number of rotatable bonds is 9. The SMILES string of the molecule is CC(N)Nc1nc(NCCN)nc(Nc2cc(C(=O)O)cc(C(=O)O)c2)n1. The second-order valence-electron chi connectivity index (χ2n) is 5.49. The van der Waals surface area contributed by atoms with Gasteiger partial charge in [0.2, 0.25) is 17.8 Å². The molecule has 27 heavy (non-hydrogen) atoms. The zero-order valence-corrected chi connectivity index (χ0v) is 14.4.